The van der Waals surface area contributed by atoms with Gasteiger partial charge in [-0.15, -0.1) is 0 Å². The van der Waals surface area contributed by atoms with Crippen molar-refractivity contribution >= 4 is 17.5 Å². The topological polar surface area (TPSA) is 52.6 Å². The van der Waals surface area contributed by atoms with Gasteiger partial charge in [0.2, 0.25) is 0 Å². The van der Waals surface area contributed by atoms with Gasteiger partial charge in [0, 0.05) is 22.7 Å². The molecule has 1 aliphatic heterocycles. The molecule has 2 N–H and O–H groups in total. The molecule has 1 fully saturated rings. The predicted octanol–water partition coefficient (Wildman–Crippen LogP) is 8.45. The number of carbonyl (C=O) groups is 1. The Bertz CT molecular complexity index is 1350. The molecule has 1 amide bonds. The first-order valence-corrected chi connectivity index (χ1v) is 15.7. The minimum Gasteiger partial charge on any atom is -0.507 e. The first kappa shape index (κ1) is 29.7. The molecule has 1 heterocycles. The second-order valence-electron chi connectivity index (χ2n) is 13.4. The molecular weight excluding hydrogens is 528 g/mol. The number of piperidine rings is 1. The zero-order valence-corrected chi connectivity index (χ0v) is 25.9. The van der Waals surface area contributed by atoms with Crippen molar-refractivity contribution in [3.63, 3.8) is 0 Å². The van der Waals surface area contributed by atoms with Crippen LogP contribution >= 0.6 is 11.6 Å². The Morgan fingerprint density at radius 2 is 1.49 bits per heavy atom. The Balaban J connectivity index is 1.05. The first-order valence-electron chi connectivity index (χ1n) is 15.3. The van der Waals surface area contributed by atoms with Crippen LogP contribution in [0.5, 0.6) is 5.75 Å². The molecule has 1 saturated heterocycles. The maximum atomic E-state index is 12.6. The number of rotatable bonds is 8. The standard InChI is InChI=1S/C36H45ClN2O2/c1-35(2)19-20-36(3,4)32-31(35)16-15-30(33(32)40)27-17-23-39(24-18-27)22-6-5-21-38-34(41)28-9-7-25(8-10-28)26-11-13-29(37)14-12-26/h7-16,27,40H,5-6,17-24H2,1-4H3,(H,38,41). The van der Waals surface area contributed by atoms with Gasteiger partial charge in [-0.05, 0) is 121 Å². The van der Waals surface area contributed by atoms with Gasteiger partial charge < -0.3 is 15.3 Å². The average Bonchev–Trinajstić information content (AvgIpc) is 2.96. The van der Waals surface area contributed by atoms with Crippen molar-refractivity contribution in [3.05, 3.63) is 87.9 Å². The summed E-state index contributed by atoms with van der Waals surface area (Å²) in [6, 6.07) is 20.0. The SMILES string of the molecule is CC1(C)CCC(C)(C)c2c1ccc(C1CCN(CCCCNC(=O)c3ccc(-c4ccc(Cl)cc4)cc3)CC1)c2O. The number of nitrogens with one attached hydrogen (secondary N) is 1. The molecule has 0 aromatic heterocycles. The number of carbonyl (C=O) groups excluding carboxylic acids is 1. The highest BCUT2D eigenvalue weighted by atomic mass is 35.5. The lowest BCUT2D eigenvalue weighted by atomic mass is 9.62. The van der Waals surface area contributed by atoms with Crippen LogP contribution in [0.3, 0.4) is 0 Å². The molecule has 4 nitrogen and oxygen atoms in total. The van der Waals surface area contributed by atoms with Gasteiger partial charge in [0.15, 0.2) is 0 Å². The molecule has 3 aromatic carbocycles. The van der Waals surface area contributed by atoms with Gasteiger partial charge in [0.1, 0.15) is 5.75 Å². The van der Waals surface area contributed by atoms with E-state index in [2.05, 4.69) is 50.0 Å². The fourth-order valence-corrected chi connectivity index (χ4v) is 6.88. The maximum absolute atomic E-state index is 12.6. The number of nitrogens with zero attached hydrogens (tertiary/aromatic N) is 1. The molecule has 0 atom stereocenters. The third-order valence-electron chi connectivity index (χ3n) is 9.53. The normalized spacial score (nSPS) is 18.6. The number of hydrogen-bond acceptors (Lipinski definition) is 3. The third kappa shape index (κ3) is 6.65. The van der Waals surface area contributed by atoms with Gasteiger partial charge in [0.25, 0.3) is 5.91 Å². The molecule has 0 spiro atoms. The molecule has 218 valence electrons. The molecule has 5 rings (SSSR count). The van der Waals surface area contributed by atoms with Crippen LogP contribution in [0.4, 0.5) is 0 Å². The Kier molecular flexibility index (Phi) is 8.82. The molecule has 0 saturated carbocycles. The van der Waals surface area contributed by atoms with Crippen molar-refractivity contribution in [2.45, 2.75) is 83.0 Å². The van der Waals surface area contributed by atoms with Crippen LogP contribution < -0.4 is 5.32 Å². The van der Waals surface area contributed by atoms with Gasteiger partial charge in [0.05, 0.1) is 0 Å². The van der Waals surface area contributed by atoms with Crippen LogP contribution in [-0.2, 0) is 10.8 Å². The summed E-state index contributed by atoms with van der Waals surface area (Å²) in [6.45, 7) is 13.0. The van der Waals surface area contributed by atoms with Crippen molar-refractivity contribution < 1.29 is 9.90 Å². The van der Waals surface area contributed by atoms with E-state index in [1.54, 1.807) is 0 Å². The maximum Gasteiger partial charge on any atom is 0.251 e. The number of amides is 1. The van der Waals surface area contributed by atoms with Gasteiger partial charge in [-0.2, -0.15) is 0 Å². The molecule has 0 bridgehead atoms. The van der Waals surface area contributed by atoms with Crippen molar-refractivity contribution in [2.75, 3.05) is 26.2 Å². The van der Waals surface area contributed by atoms with Crippen LogP contribution in [0.15, 0.2) is 60.7 Å². The quantitative estimate of drug-likeness (QED) is 0.266. The highest BCUT2D eigenvalue weighted by Gasteiger charge is 2.40. The molecule has 3 aromatic rings. The number of halogens is 1. The fraction of sp³-hybridized carbons (Fsp3) is 0.472. The smallest absolute Gasteiger partial charge is 0.251 e. The number of hydrogen-bond donors (Lipinski definition) is 2. The van der Waals surface area contributed by atoms with Gasteiger partial charge in [-0.25, -0.2) is 0 Å². The zero-order chi connectivity index (χ0) is 29.2. The first-order chi connectivity index (χ1) is 19.5. The van der Waals surface area contributed by atoms with Crippen LogP contribution in [0.1, 0.15) is 99.2 Å². The predicted molar refractivity (Wildman–Crippen MR) is 170 cm³/mol. The molecule has 41 heavy (non-hydrogen) atoms. The average molecular weight is 573 g/mol. The number of benzene rings is 3. The molecule has 1 aliphatic carbocycles. The number of phenols is 1. The Morgan fingerprint density at radius 3 is 2.15 bits per heavy atom. The molecule has 0 radical (unpaired) electrons. The van der Waals surface area contributed by atoms with Crippen molar-refractivity contribution in [3.8, 4) is 16.9 Å². The fourth-order valence-electron chi connectivity index (χ4n) is 6.76. The van der Waals surface area contributed by atoms with Crippen LogP contribution in [0.25, 0.3) is 11.1 Å². The summed E-state index contributed by atoms with van der Waals surface area (Å²) in [5.74, 6) is 0.960. The zero-order valence-electron chi connectivity index (χ0n) is 25.1. The van der Waals surface area contributed by atoms with Gasteiger partial charge in [-0.3, -0.25) is 4.79 Å². The summed E-state index contributed by atoms with van der Waals surface area (Å²) in [4.78, 5) is 15.1. The van der Waals surface area contributed by atoms with E-state index in [-0.39, 0.29) is 16.7 Å². The minimum atomic E-state index is -0.0232. The van der Waals surface area contributed by atoms with E-state index in [9.17, 15) is 9.90 Å². The van der Waals surface area contributed by atoms with E-state index in [1.165, 1.54) is 11.1 Å². The van der Waals surface area contributed by atoms with E-state index in [4.69, 9.17) is 11.6 Å². The van der Waals surface area contributed by atoms with Gasteiger partial charge >= 0.3 is 0 Å². The van der Waals surface area contributed by atoms with E-state index >= 15 is 0 Å². The highest BCUT2D eigenvalue weighted by molar-refractivity contribution is 6.30. The van der Waals surface area contributed by atoms with E-state index in [0.717, 1.165) is 74.8 Å². The van der Waals surface area contributed by atoms with E-state index in [0.29, 0.717) is 28.8 Å². The molecular formula is C36H45ClN2O2. The Labute approximate surface area is 251 Å². The van der Waals surface area contributed by atoms with Crippen LogP contribution in [0, 0.1) is 0 Å². The minimum absolute atomic E-state index is 0.0158. The highest BCUT2D eigenvalue weighted by Crippen LogP contribution is 2.51. The second kappa shape index (κ2) is 12.2. The summed E-state index contributed by atoms with van der Waals surface area (Å²) in [6.07, 6.45) is 6.46. The number of unbranched alkanes of at least 4 members (excludes halogenated alkanes) is 1. The molecule has 5 heteroatoms. The van der Waals surface area contributed by atoms with Crippen LogP contribution in [-0.4, -0.2) is 42.1 Å². The number of fused-ring (bicyclic) bond motifs is 1. The second-order valence-corrected chi connectivity index (χ2v) is 13.8. The summed E-state index contributed by atoms with van der Waals surface area (Å²) in [5.41, 5.74) is 6.63. The summed E-state index contributed by atoms with van der Waals surface area (Å²) in [7, 11) is 0. The monoisotopic (exact) mass is 572 g/mol. The van der Waals surface area contributed by atoms with Crippen molar-refractivity contribution in [1.29, 1.82) is 0 Å². The number of likely N-dealkylation sites (tertiary alicyclic amines) is 1. The van der Waals surface area contributed by atoms with Crippen LogP contribution in [0.2, 0.25) is 5.02 Å². The molecule has 0 unspecified atom stereocenters. The summed E-state index contributed by atoms with van der Waals surface area (Å²) < 4.78 is 0. The van der Waals surface area contributed by atoms with E-state index in [1.807, 2.05) is 48.5 Å². The number of aromatic hydroxyl groups is 1. The van der Waals surface area contributed by atoms with Gasteiger partial charge in [-0.1, -0.05) is 75.7 Å². The lowest BCUT2D eigenvalue weighted by Gasteiger charge is -2.43. The summed E-state index contributed by atoms with van der Waals surface area (Å²) in [5, 5.41) is 15.3. The summed E-state index contributed by atoms with van der Waals surface area (Å²) >= 11 is 5.99. The molecule has 2 aliphatic rings. The third-order valence-corrected chi connectivity index (χ3v) is 9.78. The van der Waals surface area contributed by atoms with E-state index < -0.39 is 0 Å². The Morgan fingerprint density at radius 1 is 0.878 bits per heavy atom. The largest absolute Gasteiger partial charge is 0.507 e. The lowest BCUT2D eigenvalue weighted by Crippen LogP contribution is -2.35. The number of phenolic OH excluding ortho intramolecular Hbond substituents is 1. The lowest BCUT2D eigenvalue weighted by molar-refractivity contribution is 0.0952. The van der Waals surface area contributed by atoms with Crippen molar-refractivity contribution in [2.24, 2.45) is 0 Å². The Hall–Kier alpha value is -2.82. The van der Waals surface area contributed by atoms with Crippen molar-refractivity contribution in [1.82, 2.24) is 10.2 Å².